The zero-order chi connectivity index (χ0) is 51.0. The number of likely N-dealkylation sites (tertiary alicyclic amines) is 1. The van der Waals surface area contributed by atoms with Crippen molar-refractivity contribution in [3.63, 3.8) is 0 Å². The Morgan fingerprint density at radius 1 is 0.761 bits per heavy atom. The molecule has 18 nitrogen and oxygen atoms in total. The Morgan fingerprint density at radius 2 is 1.28 bits per heavy atom. The minimum atomic E-state index is -3.84. The van der Waals surface area contributed by atoms with Crippen LogP contribution in [0.1, 0.15) is 73.4 Å². The SMILES string of the molecule is CC(C)(C)OC(=O)N1CCC(n2cnnc2-c2cc(Cl)ccc2N)C1.CC(C)Oc1ccc(S(=O)(=O)Cl)cc1.CC(C)Oc1ccc(S(=O)(=O)Nc2ccc(Cl)cc2-c2nncn2C2CCNC2)cc1.Cl. The fourth-order valence-electron chi connectivity index (χ4n) is 7.38. The van der Waals surface area contributed by atoms with Gasteiger partial charge in [-0.05, 0) is 153 Å². The summed E-state index contributed by atoms with van der Waals surface area (Å²) in [4.78, 5) is 14.2. The van der Waals surface area contributed by atoms with Crippen molar-refractivity contribution in [2.75, 3.05) is 36.6 Å². The van der Waals surface area contributed by atoms with Crippen LogP contribution in [0.15, 0.2) is 107 Å². The van der Waals surface area contributed by atoms with Crippen molar-refractivity contribution in [1.29, 1.82) is 0 Å². The molecule has 4 heterocycles. The van der Waals surface area contributed by atoms with Crippen molar-refractivity contribution in [2.45, 2.75) is 101 Å². The summed E-state index contributed by atoms with van der Waals surface area (Å²) in [5, 5.41) is 20.9. The van der Waals surface area contributed by atoms with E-state index in [1.165, 1.54) is 24.3 Å². The smallest absolute Gasteiger partial charge is 0.410 e. The number of hydrogen-bond donors (Lipinski definition) is 3. The van der Waals surface area contributed by atoms with Crippen molar-refractivity contribution in [3.05, 3.63) is 108 Å². The Balaban J connectivity index is 0.000000210. The molecule has 2 fully saturated rings. The largest absolute Gasteiger partial charge is 0.491 e. The number of anilines is 2. The lowest BCUT2D eigenvalue weighted by Gasteiger charge is -2.24. The van der Waals surface area contributed by atoms with Gasteiger partial charge < -0.3 is 39.3 Å². The maximum Gasteiger partial charge on any atom is 0.410 e. The number of nitrogen functional groups attached to an aromatic ring is 1. The predicted octanol–water partition coefficient (Wildman–Crippen LogP) is 9.91. The van der Waals surface area contributed by atoms with Gasteiger partial charge in [0.15, 0.2) is 11.6 Å². The van der Waals surface area contributed by atoms with E-state index in [4.69, 9.17) is 53.8 Å². The average molecular weight is 1100 g/mol. The molecule has 2 aliphatic heterocycles. The van der Waals surface area contributed by atoms with Gasteiger partial charge in [0.25, 0.3) is 19.1 Å². The van der Waals surface area contributed by atoms with Crippen molar-refractivity contribution >= 4 is 82.8 Å². The molecule has 0 aliphatic carbocycles. The monoisotopic (exact) mass is 1090 g/mol. The second-order valence-corrected chi connectivity index (χ2v) is 23.0. The molecule has 0 radical (unpaired) electrons. The van der Waals surface area contributed by atoms with Gasteiger partial charge in [0, 0.05) is 57.2 Å². The molecule has 0 spiro atoms. The van der Waals surface area contributed by atoms with Crippen LogP contribution in [0, 0.1) is 0 Å². The fourth-order valence-corrected chi connectivity index (χ4v) is 9.58. The number of nitrogens with one attached hydrogen (secondary N) is 2. The second-order valence-electron chi connectivity index (χ2n) is 17.9. The summed E-state index contributed by atoms with van der Waals surface area (Å²) in [6.45, 7) is 16.1. The number of halogens is 4. The van der Waals surface area contributed by atoms with E-state index < -0.39 is 24.7 Å². The number of nitrogens with zero attached hydrogens (tertiary/aromatic N) is 7. The first kappa shape index (κ1) is 56.6. The Bertz CT molecular complexity index is 2950. The lowest BCUT2D eigenvalue weighted by Crippen LogP contribution is -2.35. The zero-order valence-electron chi connectivity index (χ0n) is 40.1. The summed E-state index contributed by atoms with van der Waals surface area (Å²) in [7, 11) is -2.32. The van der Waals surface area contributed by atoms with E-state index in [1.807, 2.05) is 57.6 Å². The molecule has 4 N–H and O–H groups in total. The van der Waals surface area contributed by atoms with Crippen molar-refractivity contribution in [1.82, 2.24) is 39.7 Å². The number of hydrogen-bond acceptors (Lipinski definition) is 14. The minimum absolute atomic E-state index is 0. The molecule has 2 unspecified atom stereocenters. The third-order valence-electron chi connectivity index (χ3n) is 10.5. The summed E-state index contributed by atoms with van der Waals surface area (Å²) < 4.78 is 70.8. The zero-order valence-corrected chi connectivity index (χ0v) is 44.8. The standard InChI is InChI=1S/C21H24ClN5O3S.C17H22ClN5O2.C9H11ClO3S.ClH/c1-14(2)30-17-4-6-18(7-5-17)31(28,29)26-20-8-3-15(22)11-19(20)21-25-24-13-27(21)16-9-10-23-12-16;1-17(2,3)25-16(24)22-7-6-12(9-22)23-10-20-21-15(23)13-8-11(18)4-5-14(13)19;1-7(2)13-8-3-5-9(6-4-8)14(10,11)12;/h3-8,11,13-14,16,23,26H,9-10,12H2,1-2H3;4-5,8,10,12H,6-7,9,19H2,1-3H3;3-7H,1-2H3;1H. The Kier molecular flexibility index (Phi) is 19.4. The number of carbonyl (C=O) groups is 1. The maximum absolute atomic E-state index is 13.0. The summed E-state index contributed by atoms with van der Waals surface area (Å²) >= 11 is 12.3. The number of amides is 1. The van der Waals surface area contributed by atoms with Crippen LogP contribution >= 0.6 is 46.3 Å². The van der Waals surface area contributed by atoms with Crippen molar-refractivity contribution in [2.24, 2.45) is 0 Å². The highest BCUT2D eigenvalue weighted by atomic mass is 35.7. The van der Waals surface area contributed by atoms with Gasteiger partial charge >= 0.3 is 6.09 Å². The van der Waals surface area contributed by atoms with Gasteiger partial charge in [-0.15, -0.1) is 32.8 Å². The third kappa shape index (κ3) is 15.8. The molecule has 2 aromatic heterocycles. The summed E-state index contributed by atoms with van der Waals surface area (Å²) in [5.41, 5.74) is 7.83. The molecule has 2 atom stereocenters. The number of ether oxygens (including phenoxy) is 3. The summed E-state index contributed by atoms with van der Waals surface area (Å²) in [6, 6.07) is 22.8. The third-order valence-corrected chi connectivity index (χ3v) is 13.7. The molecule has 1 amide bonds. The van der Waals surface area contributed by atoms with Gasteiger partial charge in [-0.25, -0.2) is 21.6 Å². The van der Waals surface area contributed by atoms with Crippen molar-refractivity contribution < 1.29 is 35.8 Å². The van der Waals surface area contributed by atoms with E-state index in [1.54, 1.807) is 78.2 Å². The summed E-state index contributed by atoms with van der Waals surface area (Å²) in [5.74, 6) is 2.45. The number of sulfonamides is 1. The van der Waals surface area contributed by atoms with E-state index in [2.05, 4.69) is 30.4 Å². The maximum atomic E-state index is 13.0. The van der Waals surface area contributed by atoms with Gasteiger partial charge in [-0.3, -0.25) is 4.72 Å². The highest BCUT2D eigenvalue weighted by Gasteiger charge is 2.32. The highest BCUT2D eigenvalue weighted by Crippen LogP contribution is 2.35. The van der Waals surface area contributed by atoms with Gasteiger partial charge in [0.05, 0.1) is 39.8 Å². The first-order valence-electron chi connectivity index (χ1n) is 22.3. The van der Waals surface area contributed by atoms with Crippen LogP contribution in [-0.2, 0) is 23.8 Å². The van der Waals surface area contributed by atoms with Crippen LogP contribution in [0.3, 0.4) is 0 Å². The van der Waals surface area contributed by atoms with Crippen LogP contribution in [0.5, 0.6) is 11.5 Å². The van der Waals surface area contributed by atoms with Crippen LogP contribution < -0.4 is 25.2 Å². The molecular weight excluding hydrogens is 1040 g/mol. The molecular formula is C47H58Cl4N10O8S2. The van der Waals surface area contributed by atoms with Crippen LogP contribution in [0.4, 0.5) is 16.2 Å². The Hall–Kier alpha value is -5.35. The second kappa shape index (κ2) is 24.4. The number of nitrogens with two attached hydrogens (primary N) is 1. The number of benzene rings is 4. The number of rotatable bonds is 12. The van der Waals surface area contributed by atoms with Crippen LogP contribution in [-0.4, -0.2) is 101 Å². The molecule has 2 saturated heterocycles. The lowest BCUT2D eigenvalue weighted by molar-refractivity contribution is 0.0289. The number of aromatic nitrogens is 6. The molecule has 8 rings (SSSR count). The highest BCUT2D eigenvalue weighted by molar-refractivity contribution is 8.13. The molecule has 71 heavy (non-hydrogen) atoms. The minimum Gasteiger partial charge on any atom is -0.491 e. The molecule has 0 saturated carbocycles. The van der Waals surface area contributed by atoms with Gasteiger partial charge in [-0.2, -0.15) is 0 Å². The lowest BCUT2D eigenvalue weighted by atomic mass is 10.1. The molecule has 24 heteroatoms. The first-order chi connectivity index (χ1) is 33.0. The molecule has 6 aromatic rings. The van der Waals surface area contributed by atoms with E-state index in [9.17, 15) is 21.6 Å². The normalized spacial score (nSPS) is 15.8. The average Bonchev–Trinajstić information content (AvgIpc) is 4.13. The number of carbonyl (C=O) groups excluding carboxylic acids is 1. The Labute approximate surface area is 435 Å². The molecule has 4 aromatic carbocycles. The van der Waals surface area contributed by atoms with E-state index in [0.717, 1.165) is 31.5 Å². The predicted molar refractivity (Wildman–Crippen MR) is 279 cm³/mol. The van der Waals surface area contributed by atoms with Crippen molar-refractivity contribution in [3.8, 4) is 34.3 Å². The molecule has 384 valence electrons. The van der Waals surface area contributed by atoms with Crippen LogP contribution in [0.2, 0.25) is 10.0 Å². The van der Waals surface area contributed by atoms with Gasteiger partial charge in [0.1, 0.15) is 29.8 Å². The van der Waals surface area contributed by atoms with E-state index >= 15 is 0 Å². The Morgan fingerprint density at radius 3 is 1.80 bits per heavy atom. The summed E-state index contributed by atoms with van der Waals surface area (Å²) in [6.07, 6.45) is 4.84. The fraction of sp³-hybridized carbons (Fsp3) is 0.383. The molecule has 0 bridgehead atoms. The van der Waals surface area contributed by atoms with Crippen LogP contribution in [0.25, 0.3) is 22.8 Å². The van der Waals surface area contributed by atoms with E-state index in [-0.39, 0.29) is 52.6 Å². The topological polar surface area (TPSA) is 228 Å². The first-order valence-corrected chi connectivity index (χ1v) is 26.9. The molecule has 2 aliphatic rings. The van der Waals surface area contributed by atoms with Gasteiger partial charge in [-0.1, -0.05) is 23.2 Å². The van der Waals surface area contributed by atoms with E-state index in [0.29, 0.717) is 63.2 Å². The van der Waals surface area contributed by atoms with Gasteiger partial charge in [0.2, 0.25) is 0 Å². The quantitative estimate of drug-likeness (QED) is 0.0766.